The summed E-state index contributed by atoms with van der Waals surface area (Å²) in [4.78, 5) is 22.2. The zero-order valence-electron chi connectivity index (χ0n) is 24.9. The number of aromatic nitrogens is 6. The van der Waals surface area contributed by atoms with E-state index in [0.29, 0.717) is 47.7 Å². The lowest BCUT2D eigenvalue weighted by Crippen LogP contribution is -2.45. The van der Waals surface area contributed by atoms with E-state index in [1.54, 1.807) is 33.9 Å². The zero-order chi connectivity index (χ0) is 30.5. The van der Waals surface area contributed by atoms with Crippen molar-refractivity contribution in [3.05, 3.63) is 59.0 Å². The third kappa shape index (κ3) is 5.50. The number of pyridine rings is 1. The van der Waals surface area contributed by atoms with Gasteiger partial charge < -0.3 is 19.5 Å². The fourth-order valence-corrected chi connectivity index (χ4v) is 5.94. The minimum Gasteiger partial charge on any atom is -0.376 e. The van der Waals surface area contributed by atoms with E-state index in [1.807, 2.05) is 34.1 Å². The summed E-state index contributed by atoms with van der Waals surface area (Å²) in [6, 6.07) is 6.81. The molecule has 13 heteroatoms. The molecule has 0 radical (unpaired) electrons. The molecule has 1 aromatic carbocycles. The molecule has 43 heavy (non-hydrogen) atoms. The van der Waals surface area contributed by atoms with Gasteiger partial charge in [0.2, 0.25) is 0 Å². The number of carbonyl (C=O) groups is 1. The first kappa shape index (κ1) is 28.9. The second-order valence-corrected chi connectivity index (χ2v) is 11.5. The van der Waals surface area contributed by atoms with Gasteiger partial charge in [-0.05, 0) is 49.4 Å². The maximum absolute atomic E-state index is 14.9. The minimum atomic E-state index is -3.14. The summed E-state index contributed by atoms with van der Waals surface area (Å²) < 4.78 is 39.3. The molecule has 0 atom stereocenters. The average Bonchev–Trinajstić information content (AvgIpc) is 3.63. The number of alkyl halides is 2. The molecule has 1 saturated heterocycles. The number of anilines is 2. The van der Waals surface area contributed by atoms with Crippen molar-refractivity contribution in [1.29, 1.82) is 0 Å². The minimum absolute atomic E-state index is 0.0218. The summed E-state index contributed by atoms with van der Waals surface area (Å²) in [6.45, 7) is 6.00. The van der Waals surface area contributed by atoms with Crippen LogP contribution in [0.5, 0.6) is 0 Å². The smallest absolute Gasteiger partial charge is 0.270 e. The van der Waals surface area contributed by atoms with Gasteiger partial charge >= 0.3 is 0 Å². The molecular weight excluding hydrogens is 556 g/mol. The molecule has 1 amide bonds. The van der Waals surface area contributed by atoms with Crippen LogP contribution in [0.4, 0.5) is 20.4 Å². The van der Waals surface area contributed by atoms with E-state index in [2.05, 4.69) is 25.5 Å². The van der Waals surface area contributed by atoms with E-state index in [4.69, 9.17) is 9.72 Å². The number of benzene rings is 1. The molecule has 1 N–H and O–H groups in total. The van der Waals surface area contributed by atoms with Crippen molar-refractivity contribution in [2.75, 3.05) is 43.5 Å². The average molecular weight is 592 g/mol. The first-order valence-electron chi connectivity index (χ1n) is 14.3. The van der Waals surface area contributed by atoms with E-state index in [1.165, 1.54) is 11.0 Å². The summed E-state index contributed by atoms with van der Waals surface area (Å²) in [5.41, 5.74) is 3.18. The SMILES string of the molecule is CCNc1cc(-c2c(-c3nncn3C)cnn2C)cc(N2Cc3c(cc(COCC4CN(C)C4)cc3C(C)(F)F)C2=O)n1. The predicted octanol–water partition coefficient (Wildman–Crippen LogP) is 4.06. The van der Waals surface area contributed by atoms with Gasteiger partial charge in [-0.1, -0.05) is 0 Å². The fourth-order valence-electron chi connectivity index (χ4n) is 5.94. The van der Waals surface area contributed by atoms with Crippen LogP contribution in [0.2, 0.25) is 0 Å². The van der Waals surface area contributed by atoms with Crippen molar-refractivity contribution in [3.63, 3.8) is 0 Å². The summed E-state index contributed by atoms with van der Waals surface area (Å²) in [6.07, 6.45) is 3.33. The molecule has 6 rings (SSSR count). The van der Waals surface area contributed by atoms with Gasteiger partial charge in [0.1, 0.15) is 18.0 Å². The molecule has 0 spiro atoms. The number of ether oxygens (including phenoxy) is 1. The van der Waals surface area contributed by atoms with Gasteiger partial charge in [0.05, 0.1) is 37.2 Å². The van der Waals surface area contributed by atoms with E-state index in [0.717, 1.165) is 36.8 Å². The molecule has 2 aliphatic heterocycles. The largest absolute Gasteiger partial charge is 0.376 e. The summed E-state index contributed by atoms with van der Waals surface area (Å²) in [7, 11) is 5.71. The van der Waals surface area contributed by atoms with Gasteiger partial charge in [-0.3, -0.25) is 14.4 Å². The lowest BCUT2D eigenvalue weighted by atomic mass is 9.96. The summed E-state index contributed by atoms with van der Waals surface area (Å²) >= 11 is 0. The molecule has 0 aliphatic carbocycles. The van der Waals surface area contributed by atoms with Gasteiger partial charge in [0, 0.05) is 63.3 Å². The Kier molecular flexibility index (Phi) is 7.46. The van der Waals surface area contributed by atoms with Crippen LogP contribution >= 0.6 is 0 Å². The van der Waals surface area contributed by atoms with Crippen molar-refractivity contribution in [2.45, 2.75) is 32.9 Å². The van der Waals surface area contributed by atoms with Gasteiger partial charge in [0.15, 0.2) is 5.82 Å². The molecule has 226 valence electrons. The molecule has 5 heterocycles. The van der Waals surface area contributed by atoms with Crippen molar-refractivity contribution in [3.8, 4) is 22.6 Å². The molecule has 3 aromatic heterocycles. The Morgan fingerprint density at radius 3 is 2.58 bits per heavy atom. The van der Waals surface area contributed by atoms with Crippen molar-refractivity contribution < 1.29 is 18.3 Å². The first-order chi connectivity index (χ1) is 20.5. The molecule has 11 nitrogen and oxygen atoms in total. The second-order valence-electron chi connectivity index (χ2n) is 11.5. The number of hydrogen-bond donors (Lipinski definition) is 1. The topological polar surface area (TPSA) is 106 Å². The second kappa shape index (κ2) is 11.1. The van der Waals surface area contributed by atoms with Crippen LogP contribution in [-0.4, -0.2) is 73.6 Å². The number of hydrogen-bond acceptors (Lipinski definition) is 8. The Balaban J connectivity index is 1.36. The predicted molar refractivity (Wildman–Crippen MR) is 158 cm³/mol. The van der Waals surface area contributed by atoms with Crippen LogP contribution in [-0.2, 0) is 37.9 Å². The Bertz CT molecular complexity index is 1670. The van der Waals surface area contributed by atoms with Crippen molar-refractivity contribution in [1.82, 2.24) is 34.4 Å². The molecule has 4 aromatic rings. The molecule has 0 unspecified atom stereocenters. The highest BCUT2D eigenvalue weighted by Gasteiger charge is 2.38. The van der Waals surface area contributed by atoms with Crippen LogP contribution in [0, 0.1) is 5.92 Å². The highest BCUT2D eigenvalue weighted by molar-refractivity contribution is 6.10. The Morgan fingerprint density at radius 2 is 1.91 bits per heavy atom. The van der Waals surface area contributed by atoms with Crippen LogP contribution in [0.15, 0.2) is 36.8 Å². The molecule has 0 bridgehead atoms. The summed E-state index contributed by atoms with van der Waals surface area (Å²) in [5.74, 6) is -1.57. The molecule has 0 saturated carbocycles. The third-order valence-electron chi connectivity index (χ3n) is 7.95. The lowest BCUT2D eigenvalue weighted by Gasteiger charge is -2.35. The number of nitrogens with one attached hydrogen (secondary N) is 1. The number of nitrogens with zero attached hydrogens (tertiary/aromatic N) is 8. The maximum atomic E-state index is 14.9. The monoisotopic (exact) mass is 591 g/mol. The van der Waals surface area contributed by atoms with Crippen LogP contribution < -0.4 is 10.2 Å². The van der Waals surface area contributed by atoms with Gasteiger partial charge in [-0.15, -0.1) is 10.2 Å². The first-order valence-corrected chi connectivity index (χ1v) is 14.3. The number of rotatable bonds is 10. The van der Waals surface area contributed by atoms with Gasteiger partial charge in [-0.2, -0.15) is 5.10 Å². The number of likely N-dealkylation sites (tertiary alicyclic amines) is 1. The van der Waals surface area contributed by atoms with Crippen LogP contribution in [0.25, 0.3) is 22.6 Å². The Labute approximate surface area is 248 Å². The highest BCUT2D eigenvalue weighted by Crippen LogP contribution is 2.40. The van der Waals surface area contributed by atoms with Crippen molar-refractivity contribution >= 4 is 17.5 Å². The summed E-state index contributed by atoms with van der Waals surface area (Å²) in [5, 5.41) is 15.9. The third-order valence-corrected chi connectivity index (χ3v) is 7.95. The zero-order valence-corrected chi connectivity index (χ0v) is 24.9. The van der Waals surface area contributed by atoms with E-state index < -0.39 is 5.92 Å². The van der Waals surface area contributed by atoms with Crippen LogP contribution in [0.1, 0.15) is 40.9 Å². The standard InChI is InChI=1S/C30H35F2N9O2/c1-6-33-25-9-20(27-22(11-35-40(27)5)28-37-34-17-39(28)4)10-26(36-25)41-14-23-21(29(41)42)7-18(8-24(23)30(2,31)32)15-43-16-19-12-38(3)13-19/h7-11,17,19H,6,12-16H2,1-5H3,(H,33,36). The van der Waals surface area contributed by atoms with E-state index in [-0.39, 0.29) is 30.2 Å². The lowest BCUT2D eigenvalue weighted by molar-refractivity contribution is 0.0144. The number of fused-ring (bicyclic) bond motifs is 1. The molecule has 2 aliphatic rings. The molecule has 1 fully saturated rings. The van der Waals surface area contributed by atoms with Gasteiger partial charge in [0.25, 0.3) is 11.8 Å². The number of aryl methyl sites for hydroxylation is 2. The quantitative estimate of drug-likeness (QED) is 0.294. The number of halogens is 2. The fraction of sp³-hybridized carbons (Fsp3) is 0.433. The number of carbonyl (C=O) groups excluding carboxylic acids is 1. The Morgan fingerprint density at radius 1 is 1.12 bits per heavy atom. The van der Waals surface area contributed by atoms with E-state index in [9.17, 15) is 13.6 Å². The van der Waals surface area contributed by atoms with Crippen LogP contribution in [0.3, 0.4) is 0 Å². The van der Waals surface area contributed by atoms with Gasteiger partial charge in [-0.25, -0.2) is 13.8 Å². The maximum Gasteiger partial charge on any atom is 0.270 e. The normalized spacial score (nSPS) is 15.7. The Hall–Kier alpha value is -4.23. The molecular formula is C30H35F2N9O2. The van der Waals surface area contributed by atoms with E-state index >= 15 is 0 Å². The number of amides is 1. The highest BCUT2D eigenvalue weighted by atomic mass is 19.3. The van der Waals surface area contributed by atoms with Crippen molar-refractivity contribution in [2.24, 2.45) is 20.0 Å².